The predicted octanol–water partition coefficient (Wildman–Crippen LogP) is 14.9. The van der Waals surface area contributed by atoms with Gasteiger partial charge in [0, 0.05) is 41.1 Å². The summed E-state index contributed by atoms with van der Waals surface area (Å²) in [5.41, 5.74) is 12.9. The van der Waals surface area contributed by atoms with E-state index in [1.807, 2.05) is 0 Å². The van der Waals surface area contributed by atoms with Crippen molar-refractivity contribution >= 4 is 66.2 Å². The van der Waals surface area contributed by atoms with Crippen molar-refractivity contribution < 1.29 is 0 Å². The first-order valence-corrected chi connectivity index (χ1v) is 20.8. The topological polar surface area (TPSA) is 8.17 Å². The quantitative estimate of drug-likeness (QED) is 0.111. The van der Waals surface area contributed by atoms with Gasteiger partial charge in [0.15, 0.2) is 0 Å². The molecule has 0 saturated heterocycles. The molecule has 0 radical (unpaired) electrons. The Morgan fingerprint density at radius 1 is 0.672 bits per heavy atom. The second-order valence-corrected chi connectivity index (χ2v) is 16.1. The van der Waals surface area contributed by atoms with Crippen molar-refractivity contribution in [3.05, 3.63) is 210 Å². The number of benzene rings is 7. The largest absolute Gasteiger partial charge is 0.344 e. The Labute approximate surface area is 342 Å². The molecule has 2 unspecified atom stereocenters. The molecule has 8 aromatic rings. The van der Waals surface area contributed by atoms with E-state index < -0.39 is 0 Å². The van der Waals surface area contributed by atoms with Gasteiger partial charge in [0.25, 0.3) is 0 Å². The van der Waals surface area contributed by atoms with Crippen LogP contribution < -0.4 is 4.90 Å². The highest BCUT2D eigenvalue weighted by atomic mass is 15.1. The van der Waals surface area contributed by atoms with Gasteiger partial charge in [-0.15, -0.1) is 0 Å². The van der Waals surface area contributed by atoms with Gasteiger partial charge in [0.05, 0.1) is 5.52 Å². The Kier molecular flexibility index (Phi) is 9.26. The molecule has 0 saturated carbocycles. The molecule has 0 amide bonds. The van der Waals surface area contributed by atoms with E-state index in [1.165, 1.54) is 93.8 Å². The highest BCUT2D eigenvalue weighted by Gasteiger charge is 2.25. The fourth-order valence-electron chi connectivity index (χ4n) is 9.44. The lowest BCUT2D eigenvalue weighted by Gasteiger charge is -2.26. The number of fused-ring (bicyclic) bond motifs is 9. The molecule has 282 valence electrons. The SMILES string of the molecule is C/C=C\C=C/Cc1cc(C2C=Cc3c(c4ccccc4n3-c3ccc4c5ccccc5c5ccccc5c4c3)C2)ccc1N(C)c1cccc(C2=CCC(C)C=C2)c1. The minimum Gasteiger partial charge on any atom is -0.344 e. The van der Waals surface area contributed by atoms with E-state index in [0.29, 0.717) is 5.92 Å². The van der Waals surface area contributed by atoms with E-state index in [0.717, 1.165) is 19.3 Å². The summed E-state index contributed by atoms with van der Waals surface area (Å²) in [7, 11) is 2.21. The number of hydrogen-bond donors (Lipinski definition) is 0. The number of rotatable bonds is 8. The number of anilines is 2. The van der Waals surface area contributed by atoms with Crippen molar-refractivity contribution in [2.24, 2.45) is 5.92 Å². The average molecular weight is 749 g/mol. The van der Waals surface area contributed by atoms with Crippen molar-refractivity contribution in [1.82, 2.24) is 4.57 Å². The smallest absolute Gasteiger partial charge is 0.0537 e. The van der Waals surface area contributed by atoms with E-state index in [4.69, 9.17) is 0 Å². The number of allylic oxidation sites excluding steroid dienone is 9. The lowest BCUT2D eigenvalue weighted by molar-refractivity contribution is 0.739. The molecule has 2 heteroatoms. The highest BCUT2D eigenvalue weighted by molar-refractivity contribution is 6.25. The maximum absolute atomic E-state index is 2.49. The van der Waals surface area contributed by atoms with Crippen LogP contribution in [0, 0.1) is 5.92 Å². The van der Waals surface area contributed by atoms with Gasteiger partial charge < -0.3 is 9.47 Å². The van der Waals surface area contributed by atoms with E-state index in [-0.39, 0.29) is 5.92 Å². The van der Waals surface area contributed by atoms with Crippen molar-refractivity contribution in [2.45, 2.75) is 39.0 Å². The minimum absolute atomic E-state index is 0.270. The molecule has 10 rings (SSSR count). The molecule has 0 N–H and O–H groups in total. The zero-order valence-corrected chi connectivity index (χ0v) is 33.6. The summed E-state index contributed by atoms with van der Waals surface area (Å²) in [5.74, 6) is 0.870. The van der Waals surface area contributed by atoms with Gasteiger partial charge in [0.1, 0.15) is 0 Å². The second-order valence-electron chi connectivity index (χ2n) is 16.1. The second kappa shape index (κ2) is 15.0. The van der Waals surface area contributed by atoms with Crippen LogP contribution in [0.5, 0.6) is 0 Å². The monoisotopic (exact) mass is 748 g/mol. The third-order valence-electron chi connectivity index (χ3n) is 12.5. The summed E-state index contributed by atoms with van der Waals surface area (Å²) < 4.78 is 2.49. The summed E-state index contributed by atoms with van der Waals surface area (Å²) in [6.07, 6.45) is 23.4. The van der Waals surface area contributed by atoms with Gasteiger partial charge in [-0.25, -0.2) is 0 Å². The van der Waals surface area contributed by atoms with Crippen LogP contribution in [0.4, 0.5) is 11.4 Å². The molecular weight excluding hydrogens is 701 g/mol. The van der Waals surface area contributed by atoms with Gasteiger partial charge in [-0.3, -0.25) is 0 Å². The van der Waals surface area contributed by atoms with Crippen molar-refractivity contribution in [1.29, 1.82) is 0 Å². The molecule has 0 fully saturated rings. The van der Waals surface area contributed by atoms with Gasteiger partial charge in [0.2, 0.25) is 0 Å². The Hall–Kier alpha value is -6.64. The summed E-state index contributed by atoms with van der Waals surface area (Å²) >= 11 is 0. The molecule has 2 atom stereocenters. The minimum atomic E-state index is 0.270. The first-order valence-electron chi connectivity index (χ1n) is 20.8. The lowest BCUT2D eigenvalue weighted by Crippen LogP contribution is -2.13. The molecule has 7 aromatic carbocycles. The molecular formula is C56H48N2. The van der Waals surface area contributed by atoms with Crippen LogP contribution in [-0.4, -0.2) is 11.6 Å². The molecule has 2 aliphatic carbocycles. The zero-order chi connectivity index (χ0) is 39.2. The fraction of sp³-hybridized carbons (Fsp3) is 0.143. The van der Waals surface area contributed by atoms with Gasteiger partial charge in [-0.05, 0) is 135 Å². The number of aromatic nitrogens is 1. The van der Waals surface area contributed by atoms with Crippen LogP contribution in [-0.2, 0) is 12.8 Å². The van der Waals surface area contributed by atoms with Gasteiger partial charge in [-0.1, -0.05) is 153 Å². The molecule has 0 bridgehead atoms. The van der Waals surface area contributed by atoms with Crippen LogP contribution in [0.25, 0.3) is 60.6 Å². The molecule has 2 nitrogen and oxygen atoms in total. The lowest BCUT2D eigenvalue weighted by atomic mass is 9.85. The molecule has 1 heterocycles. The highest BCUT2D eigenvalue weighted by Crippen LogP contribution is 2.42. The third kappa shape index (κ3) is 6.30. The average Bonchev–Trinajstić information content (AvgIpc) is 3.61. The first kappa shape index (κ1) is 35.8. The molecule has 1 aromatic heterocycles. The van der Waals surface area contributed by atoms with E-state index in [2.05, 4.69) is 219 Å². The maximum Gasteiger partial charge on any atom is 0.0537 e. The molecule has 2 aliphatic rings. The number of nitrogens with zero attached hydrogens (tertiary/aromatic N) is 2. The Balaban J connectivity index is 1.03. The summed E-state index contributed by atoms with van der Waals surface area (Å²) in [4.78, 5) is 2.36. The van der Waals surface area contributed by atoms with Crippen LogP contribution >= 0.6 is 0 Å². The summed E-state index contributed by atoms with van der Waals surface area (Å²) in [6, 6.07) is 49.9. The number of para-hydroxylation sites is 1. The fourth-order valence-corrected chi connectivity index (χ4v) is 9.44. The summed E-state index contributed by atoms with van der Waals surface area (Å²) in [5, 5.41) is 9.13. The zero-order valence-electron chi connectivity index (χ0n) is 33.6. The molecule has 0 spiro atoms. The van der Waals surface area contributed by atoms with E-state index >= 15 is 0 Å². The van der Waals surface area contributed by atoms with Crippen LogP contribution in [0.1, 0.15) is 54.1 Å². The third-order valence-corrected chi connectivity index (χ3v) is 12.5. The Bertz CT molecular complexity index is 3000. The maximum atomic E-state index is 2.49. The van der Waals surface area contributed by atoms with Crippen molar-refractivity contribution in [3.8, 4) is 5.69 Å². The molecule has 0 aliphatic heterocycles. The Morgan fingerprint density at radius 2 is 1.40 bits per heavy atom. The number of hydrogen-bond acceptors (Lipinski definition) is 1. The van der Waals surface area contributed by atoms with Gasteiger partial charge >= 0.3 is 0 Å². The first-order chi connectivity index (χ1) is 28.6. The predicted molar refractivity (Wildman–Crippen MR) is 251 cm³/mol. The standard InChI is InChI=1S/C56H48N2/c1-4-5-6-7-15-43-34-41(28-32-54(43)57(3)44-17-14-16-40(35-44)39-26-24-38(2)25-27-39)42-29-33-56-53(36-42)51-22-12-13-23-55(51)58(56)45-30-31-50-48-20-9-8-18-46(48)47-19-10-11-21-49(47)52(50)37-45/h4-14,16-24,26-35,37-38,42H,15,25,36H2,1-3H3/b5-4-,7-6-. The summed E-state index contributed by atoms with van der Waals surface area (Å²) in [6.45, 7) is 4.35. The van der Waals surface area contributed by atoms with E-state index in [9.17, 15) is 0 Å². The van der Waals surface area contributed by atoms with Gasteiger partial charge in [-0.2, -0.15) is 0 Å². The van der Waals surface area contributed by atoms with Crippen molar-refractivity contribution in [2.75, 3.05) is 11.9 Å². The van der Waals surface area contributed by atoms with Crippen LogP contribution in [0.15, 0.2) is 182 Å². The Morgan fingerprint density at radius 3 is 2.14 bits per heavy atom. The normalized spacial score (nSPS) is 16.6. The molecule has 58 heavy (non-hydrogen) atoms. The van der Waals surface area contributed by atoms with Crippen LogP contribution in [0.2, 0.25) is 0 Å². The van der Waals surface area contributed by atoms with E-state index in [1.54, 1.807) is 0 Å². The van der Waals surface area contributed by atoms with Crippen LogP contribution in [0.3, 0.4) is 0 Å². The van der Waals surface area contributed by atoms with Crippen molar-refractivity contribution in [3.63, 3.8) is 0 Å².